The van der Waals surface area contributed by atoms with Gasteiger partial charge in [0.2, 0.25) is 0 Å². The Morgan fingerprint density at radius 2 is 1.68 bits per heavy atom. The fraction of sp³-hybridized carbons (Fsp3) is 0.226. The van der Waals surface area contributed by atoms with Crippen LogP contribution in [0.3, 0.4) is 0 Å². The van der Waals surface area contributed by atoms with Crippen molar-refractivity contribution < 1.29 is 9.18 Å². The van der Waals surface area contributed by atoms with Gasteiger partial charge in [-0.2, -0.15) is 0 Å². The Labute approximate surface area is 220 Å². The zero-order valence-electron chi connectivity index (χ0n) is 20.7. The van der Waals surface area contributed by atoms with E-state index in [1.807, 2.05) is 65.6 Å². The second-order valence-corrected chi connectivity index (χ2v) is 10.7. The molecule has 1 saturated heterocycles. The van der Waals surface area contributed by atoms with E-state index in [0.717, 1.165) is 64.3 Å². The maximum Gasteiger partial charge on any atom is 0.267 e. The average molecular weight is 510 g/mol. The minimum atomic E-state index is -0.236. The van der Waals surface area contributed by atoms with Gasteiger partial charge < -0.3 is 4.57 Å². The molecule has 6 rings (SSSR count). The van der Waals surface area contributed by atoms with E-state index in [9.17, 15) is 9.18 Å². The number of thioether (sulfide) groups is 1. The Morgan fingerprint density at radius 1 is 0.973 bits per heavy atom. The van der Waals surface area contributed by atoms with Gasteiger partial charge in [-0.3, -0.25) is 9.69 Å². The van der Waals surface area contributed by atoms with E-state index in [2.05, 4.69) is 23.6 Å². The highest BCUT2D eigenvalue weighted by molar-refractivity contribution is 8.18. The number of fused-ring (bicyclic) bond motifs is 1. The van der Waals surface area contributed by atoms with Crippen molar-refractivity contribution in [2.45, 2.75) is 45.2 Å². The summed E-state index contributed by atoms with van der Waals surface area (Å²) in [6.07, 6.45) is 6.37. The number of carbonyl (C=O) groups is 1. The minimum absolute atomic E-state index is 0.0429. The molecule has 3 aromatic carbocycles. The van der Waals surface area contributed by atoms with Gasteiger partial charge in [0.25, 0.3) is 5.91 Å². The average Bonchev–Trinajstić information content (AvgIpc) is 3.61. The first-order valence-corrected chi connectivity index (χ1v) is 13.6. The van der Waals surface area contributed by atoms with E-state index in [0.29, 0.717) is 11.4 Å². The lowest BCUT2D eigenvalue weighted by atomic mass is 10.1. The predicted molar refractivity (Wildman–Crippen MR) is 150 cm³/mol. The molecule has 37 heavy (non-hydrogen) atoms. The van der Waals surface area contributed by atoms with Crippen LogP contribution >= 0.6 is 11.8 Å². The normalized spacial score (nSPS) is 18.6. The molecule has 186 valence electrons. The number of aromatic nitrogens is 1. The van der Waals surface area contributed by atoms with Crippen molar-refractivity contribution in [1.29, 1.82) is 0 Å². The lowest BCUT2D eigenvalue weighted by Gasteiger charge is -2.22. The third kappa shape index (κ3) is 4.62. The van der Waals surface area contributed by atoms with Gasteiger partial charge in [-0.15, -0.1) is 0 Å². The number of rotatable bonds is 5. The van der Waals surface area contributed by atoms with Crippen molar-refractivity contribution in [1.82, 2.24) is 9.47 Å². The molecule has 6 heteroatoms. The Balaban J connectivity index is 1.42. The predicted octanol–water partition coefficient (Wildman–Crippen LogP) is 7.68. The van der Waals surface area contributed by atoms with Crippen LogP contribution in [0.25, 0.3) is 17.0 Å². The van der Waals surface area contributed by atoms with E-state index in [-0.39, 0.29) is 17.8 Å². The number of amidine groups is 1. The summed E-state index contributed by atoms with van der Waals surface area (Å²) in [6.45, 7) is 2.72. The molecule has 1 aliphatic carbocycles. The molecular weight excluding hydrogens is 481 g/mol. The van der Waals surface area contributed by atoms with E-state index < -0.39 is 0 Å². The Morgan fingerprint density at radius 3 is 2.43 bits per heavy atom. The molecule has 2 fully saturated rings. The van der Waals surface area contributed by atoms with E-state index in [1.165, 1.54) is 23.9 Å². The highest BCUT2D eigenvalue weighted by atomic mass is 32.2. The maximum atomic E-state index is 13.8. The Hall–Kier alpha value is -3.64. The number of hydrogen-bond acceptors (Lipinski definition) is 3. The quantitative estimate of drug-likeness (QED) is 0.259. The first kappa shape index (κ1) is 23.7. The van der Waals surface area contributed by atoms with E-state index in [1.54, 1.807) is 0 Å². The van der Waals surface area contributed by atoms with Gasteiger partial charge in [-0.05, 0) is 73.5 Å². The van der Waals surface area contributed by atoms with Crippen LogP contribution in [-0.4, -0.2) is 26.6 Å². The van der Waals surface area contributed by atoms with Crippen LogP contribution in [0.4, 0.5) is 10.1 Å². The molecule has 2 heterocycles. The number of amides is 1. The van der Waals surface area contributed by atoms with Crippen LogP contribution < -0.4 is 0 Å². The van der Waals surface area contributed by atoms with Gasteiger partial charge in [0.15, 0.2) is 5.17 Å². The largest absolute Gasteiger partial charge is 0.340 e. The summed E-state index contributed by atoms with van der Waals surface area (Å²) in [7, 11) is 0. The van der Waals surface area contributed by atoms with Crippen LogP contribution in [0.2, 0.25) is 0 Å². The fourth-order valence-electron chi connectivity index (χ4n) is 5.41. The molecule has 0 bridgehead atoms. The Bertz CT molecular complexity index is 1520. The standard InChI is InChI=1S/C31H28FN3OS/c1-21-27(26-13-7-8-14-28(26)34(21)20-22-15-17-23(32)18-16-22)19-29-30(36)35(25-11-5-6-12-25)31(37-29)33-24-9-3-2-4-10-24/h2-4,7-10,13-19,25H,5-6,11-12,20H2,1H3/b29-19-,33-31?. The second kappa shape index (κ2) is 10.0. The van der Waals surface area contributed by atoms with Crippen LogP contribution in [0.1, 0.15) is 42.5 Å². The fourth-order valence-corrected chi connectivity index (χ4v) is 6.45. The molecule has 4 aromatic rings. The summed E-state index contributed by atoms with van der Waals surface area (Å²) >= 11 is 1.47. The van der Waals surface area contributed by atoms with Gasteiger partial charge in [0, 0.05) is 34.7 Å². The number of carbonyl (C=O) groups excluding carboxylic acids is 1. The first-order valence-electron chi connectivity index (χ1n) is 12.8. The first-order chi connectivity index (χ1) is 18.1. The highest BCUT2D eigenvalue weighted by Crippen LogP contribution is 2.40. The molecule has 0 N–H and O–H groups in total. The second-order valence-electron chi connectivity index (χ2n) is 9.68. The van der Waals surface area contributed by atoms with Crippen LogP contribution in [0, 0.1) is 12.7 Å². The molecule has 0 spiro atoms. The lowest BCUT2D eigenvalue weighted by molar-refractivity contribution is -0.123. The molecule has 0 atom stereocenters. The van der Waals surface area contributed by atoms with Gasteiger partial charge in [0.1, 0.15) is 5.82 Å². The van der Waals surface area contributed by atoms with Crippen molar-refractivity contribution in [3.63, 3.8) is 0 Å². The number of nitrogens with zero attached hydrogens (tertiary/aromatic N) is 3. The molecule has 2 aliphatic rings. The molecular formula is C31H28FN3OS. The third-order valence-corrected chi connectivity index (χ3v) is 8.30. The summed E-state index contributed by atoms with van der Waals surface area (Å²) < 4.78 is 15.7. The topological polar surface area (TPSA) is 37.6 Å². The van der Waals surface area contributed by atoms with Crippen LogP contribution in [0.5, 0.6) is 0 Å². The summed E-state index contributed by atoms with van der Waals surface area (Å²) in [5.41, 5.74) is 5.10. The molecule has 1 aromatic heterocycles. The lowest BCUT2D eigenvalue weighted by Crippen LogP contribution is -2.37. The molecule has 1 amide bonds. The SMILES string of the molecule is Cc1c(/C=C2\SC(=Nc3ccccc3)N(C3CCCC3)C2=O)c2ccccc2n1Cc1ccc(F)cc1. The molecule has 1 aliphatic heterocycles. The number of hydrogen-bond donors (Lipinski definition) is 0. The monoisotopic (exact) mass is 509 g/mol. The van der Waals surface area contributed by atoms with Crippen molar-refractivity contribution in [3.8, 4) is 0 Å². The van der Waals surface area contributed by atoms with Crippen molar-refractivity contribution in [2.24, 2.45) is 4.99 Å². The van der Waals surface area contributed by atoms with Crippen molar-refractivity contribution in [3.05, 3.63) is 106 Å². The summed E-state index contributed by atoms with van der Waals surface area (Å²) in [4.78, 5) is 21.3. The number of aliphatic imine (C=N–C) groups is 1. The number of benzene rings is 3. The van der Waals surface area contributed by atoms with Gasteiger partial charge in [-0.1, -0.05) is 61.4 Å². The van der Waals surface area contributed by atoms with Gasteiger partial charge in [-0.25, -0.2) is 9.38 Å². The molecule has 0 radical (unpaired) electrons. The summed E-state index contributed by atoms with van der Waals surface area (Å²) in [5.74, 6) is -0.193. The number of halogens is 1. The summed E-state index contributed by atoms with van der Waals surface area (Å²) in [6, 6.07) is 25.0. The van der Waals surface area contributed by atoms with Crippen molar-refractivity contribution >= 4 is 45.5 Å². The van der Waals surface area contributed by atoms with E-state index >= 15 is 0 Å². The number of para-hydroxylation sites is 2. The van der Waals surface area contributed by atoms with E-state index in [4.69, 9.17) is 4.99 Å². The summed E-state index contributed by atoms with van der Waals surface area (Å²) in [5, 5.41) is 1.87. The molecule has 0 unspecified atom stereocenters. The van der Waals surface area contributed by atoms with Crippen LogP contribution in [-0.2, 0) is 11.3 Å². The molecule has 1 saturated carbocycles. The minimum Gasteiger partial charge on any atom is -0.340 e. The Kier molecular flexibility index (Phi) is 6.43. The zero-order valence-corrected chi connectivity index (χ0v) is 21.5. The van der Waals surface area contributed by atoms with Gasteiger partial charge in [0.05, 0.1) is 10.6 Å². The zero-order chi connectivity index (χ0) is 25.4. The third-order valence-electron chi connectivity index (χ3n) is 7.32. The van der Waals surface area contributed by atoms with Gasteiger partial charge >= 0.3 is 0 Å². The smallest absolute Gasteiger partial charge is 0.267 e. The maximum absolute atomic E-state index is 13.8. The highest BCUT2D eigenvalue weighted by Gasteiger charge is 2.39. The van der Waals surface area contributed by atoms with Crippen LogP contribution in [0.15, 0.2) is 88.8 Å². The van der Waals surface area contributed by atoms with Crippen molar-refractivity contribution in [2.75, 3.05) is 0 Å². The molecule has 4 nitrogen and oxygen atoms in total.